The average molecular weight is 213 g/mol. The van der Waals surface area contributed by atoms with Crippen molar-refractivity contribution in [3.8, 4) is 0 Å². The molecular weight excluding hydrogens is 190 g/mol. The highest BCUT2D eigenvalue weighted by atomic mass is 16.4. The van der Waals surface area contributed by atoms with Gasteiger partial charge < -0.3 is 10.4 Å². The summed E-state index contributed by atoms with van der Waals surface area (Å²) < 4.78 is 0. The van der Waals surface area contributed by atoms with Crippen molar-refractivity contribution in [1.82, 2.24) is 5.32 Å². The number of rotatable bonds is 9. The quantitative estimate of drug-likeness (QED) is 0.457. The van der Waals surface area contributed by atoms with Crippen molar-refractivity contribution in [3.63, 3.8) is 0 Å². The molecule has 0 aromatic heterocycles. The zero-order valence-electron chi connectivity index (χ0n) is 9.88. The van der Waals surface area contributed by atoms with Gasteiger partial charge in [0.2, 0.25) is 0 Å². The summed E-state index contributed by atoms with van der Waals surface area (Å²) >= 11 is 0. The molecular formula is C12H23NO2. The number of carbonyl (C=O) groups is 1. The minimum atomic E-state index is -0.880. The highest BCUT2D eigenvalue weighted by Crippen LogP contribution is 2.03. The molecule has 0 fully saturated rings. The van der Waals surface area contributed by atoms with Crippen LogP contribution < -0.4 is 5.32 Å². The van der Waals surface area contributed by atoms with Crippen molar-refractivity contribution in [1.29, 1.82) is 0 Å². The van der Waals surface area contributed by atoms with E-state index in [4.69, 9.17) is 5.11 Å². The fourth-order valence-electron chi connectivity index (χ4n) is 1.29. The number of hydrogen-bond acceptors (Lipinski definition) is 2. The third kappa shape index (κ3) is 9.47. The summed E-state index contributed by atoms with van der Waals surface area (Å²) in [4.78, 5) is 10.4. The van der Waals surface area contributed by atoms with E-state index >= 15 is 0 Å². The Morgan fingerprint density at radius 1 is 1.33 bits per heavy atom. The van der Waals surface area contributed by atoms with Crippen molar-refractivity contribution in [2.75, 3.05) is 13.1 Å². The van der Waals surface area contributed by atoms with Gasteiger partial charge in [0.25, 0.3) is 0 Å². The molecule has 0 rings (SSSR count). The second kappa shape index (κ2) is 8.48. The molecule has 0 saturated heterocycles. The van der Waals surface area contributed by atoms with Gasteiger partial charge in [0.15, 0.2) is 0 Å². The highest BCUT2D eigenvalue weighted by molar-refractivity contribution is 5.85. The van der Waals surface area contributed by atoms with Gasteiger partial charge in [-0.1, -0.05) is 20.4 Å². The molecule has 0 spiro atoms. The first kappa shape index (κ1) is 14.2. The normalized spacial score (nSPS) is 10.6. The number of carboxylic acids is 1. The van der Waals surface area contributed by atoms with Crippen molar-refractivity contribution >= 4 is 5.97 Å². The second-order valence-corrected chi connectivity index (χ2v) is 4.30. The van der Waals surface area contributed by atoms with E-state index in [9.17, 15) is 4.79 Å². The van der Waals surface area contributed by atoms with Gasteiger partial charge in [-0.3, -0.25) is 0 Å². The summed E-state index contributed by atoms with van der Waals surface area (Å²) in [6, 6.07) is 0. The van der Waals surface area contributed by atoms with E-state index in [0.717, 1.165) is 25.4 Å². The number of aliphatic carboxylic acids is 1. The van der Waals surface area contributed by atoms with E-state index in [1.165, 1.54) is 12.8 Å². The van der Waals surface area contributed by atoms with E-state index in [-0.39, 0.29) is 0 Å². The Kier molecular flexibility index (Phi) is 8.01. The molecule has 0 aliphatic rings. The molecule has 0 aromatic rings. The molecule has 0 bridgehead atoms. The fraction of sp³-hybridized carbons (Fsp3) is 0.750. The van der Waals surface area contributed by atoms with Crippen LogP contribution in [0.15, 0.2) is 12.2 Å². The molecule has 3 nitrogen and oxygen atoms in total. The lowest BCUT2D eigenvalue weighted by molar-refractivity contribution is -0.132. The Morgan fingerprint density at radius 3 is 2.47 bits per heavy atom. The van der Waals surface area contributed by atoms with Crippen molar-refractivity contribution in [3.05, 3.63) is 12.2 Å². The lowest BCUT2D eigenvalue weighted by Gasteiger charge is -2.06. The van der Waals surface area contributed by atoms with Gasteiger partial charge in [-0.2, -0.15) is 0 Å². The van der Waals surface area contributed by atoms with Crippen LogP contribution in [0.3, 0.4) is 0 Å². The monoisotopic (exact) mass is 213 g/mol. The summed E-state index contributed by atoms with van der Waals surface area (Å²) in [5.74, 6) is -0.117. The van der Waals surface area contributed by atoms with Gasteiger partial charge in [0, 0.05) is 5.57 Å². The molecule has 0 saturated carbocycles. The zero-order chi connectivity index (χ0) is 11.7. The van der Waals surface area contributed by atoms with E-state index < -0.39 is 5.97 Å². The molecule has 88 valence electrons. The molecule has 2 N–H and O–H groups in total. The summed E-state index contributed by atoms with van der Waals surface area (Å²) in [5, 5.41) is 11.9. The lowest BCUT2D eigenvalue weighted by Crippen LogP contribution is -2.17. The van der Waals surface area contributed by atoms with E-state index in [2.05, 4.69) is 25.7 Å². The maximum Gasteiger partial charge on any atom is 0.330 e. The van der Waals surface area contributed by atoms with Crippen LogP contribution in [0.25, 0.3) is 0 Å². The standard InChI is InChI=1S/C12H23NO2/c1-10(2)6-4-8-13-9-5-7-11(3)12(14)15/h10,13H,3-9H2,1-2H3,(H,14,15). The summed E-state index contributed by atoms with van der Waals surface area (Å²) in [6.45, 7) is 9.83. The predicted octanol–water partition coefficient (Wildman–Crippen LogP) is 2.43. The first-order chi connectivity index (χ1) is 7.04. The Hall–Kier alpha value is -0.830. The van der Waals surface area contributed by atoms with Gasteiger partial charge in [0.1, 0.15) is 0 Å². The number of carboxylic acid groups (broad SMARTS) is 1. The van der Waals surface area contributed by atoms with Crippen LogP contribution in [0.4, 0.5) is 0 Å². The van der Waals surface area contributed by atoms with E-state index in [1.807, 2.05) is 0 Å². The summed E-state index contributed by atoms with van der Waals surface area (Å²) in [7, 11) is 0. The molecule has 0 unspecified atom stereocenters. The molecule has 0 aromatic carbocycles. The van der Waals surface area contributed by atoms with Crippen LogP contribution in [0.1, 0.15) is 39.5 Å². The summed E-state index contributed by atoms with van der Waals surface area (Å²) in [6.07, 6.45) is 3.87. The van der Waals surface area contributed by atoms with Crippen LogP contribution in [0.2, 0.25) is 0 Å². The molecule has 3 heteroatoms. The van der Waals surface area contributed by atoms with Crippen molar-refractivity contribution < 1.29 is 9.90 Å². The van der Waals surface area contributed by atoms with Crippen LogP contribution in [-0.4, -0.2) is 24.2 Å². The van der Waals surface area contributed by atoms with Crippen LogP contribution in [0.5, 0.6) is 0 Å². The molecule has 15 heavy (non-hydrogen) atoms. The third-order valence-electron chi connectivity index (χ3n) is 2.27. The Bertz CT molecular complexity index is 200. The lowest BCUT2D eigenvalue weighted by atomic mass is 10.1. The van der Waals surface area contributed by atoms with Crippen molar-refractivity contribution in [2.45, 2.75) is 39.5 Å². The first-order valence-corrected chi connectivity index (χ1v) is 5.65. The van der Waals surface area contributed by atoms with Gasteiger partial charge in [-0.25, -0.2) is 4.79 Å². The predicted molar refractivity (Wildman–Crippen MR) is 63.0 cm³/mol. The van der Waals surface area contributed by atoms with Gasteiger partial charge in [0.05, 0.1) is 0 Å². The maximum absolute atomic E-state index is 10.4. The van der Waals surface area contributed by atoms with Crippen LogP contribution in [0, 0.1) is 5.92 Å². The van der Waals surface area contributed by atoms with Crippen molar-refractivity contribution in [2.24, 2.45) is 5.92 Å². The fourth-order valence-corrected chi connectivity index (χ4v) is 1.29. The summed E-state index contributed by atoms with van der Waals surface area (Å²) in [5.41, 5.74) is 0.305. The molecule has 0 atom stereocenters. The Morgan fingerprint density at radius 2 is 1.93 bits per heavy atom. The largest absolute Gasteiger partial charge is 0.478 e. The van der Waals surface area contributed by atoms with E-state index in [1.54, 1.807) is 0 Å². The molecule has 0 amide bonds. The third-order valence-corrected chi connectivity index (χ3v) is 2.27. The Labute approximate surface area is 92.6 Å². The van der Waals surface area contributed by atoms with Crippen LogP contribution in [-0.2, 0) is 4.79 Å². The minimum absolute atomic E-state index is 0.305. The molecule has 0 aliphatic carbocycles. The second-order valence-electron chi connectivity index (χ2n) is 4.30. The van der Waals surface area contributed by atoms with Crippen LogP contribution >= 0.6 is 0 Å². The maximum atomic E-state index is 10.4. The van der Waals surface area contributed by atoms with Gasteiger partial charge in [-0.15, -0.1) is 0 Å². The highest BCUT2D eigenvalue weighted by Gasteiger charge is 2.02. The first-order valence-electron chi connectivity index (χ1n) is 5.65. The zero-order valence-corrected chi connectivity index (χ0v) is 9.88. The average Bonchev–Trinajstić information content (AvgIpc) is 2.15. The Balaban J connectivity index is 3.18. The van der Waals surface area contributed by atoms with E-state index in [0.29, 0.717) is 12.0 Å². The minimum Gasteiger partial charge on any atom is -0.478 e. The molecule has 0 aliphatic heterocycles. The number of hydrogen-bond donors (Lipinski definition) is 2. The smallest absolute Gasteiger partial charge is 0.330 e. The topological polar surface area (TPSA) is 49.3 Å². The van der Waals surface area contributed by atoms with Gasteiger partial charge >= 0.3 is 5.97 Å². The molecule has 0 radical (unpaired) electrons. The SMILES string of the molecule is C=C(CCCNCCCC(C)C)C(=O)O. The molecule has 0 heterocycles. The van der Waals surface area contributed by atoms with Gasteiger partial charge in [-0.05, 0) is 44.7 Å². The number of nitrogens with one attached hydrogen (secondary N) is 1.